The Labute approximate surface area is 164 Å². The Bertz CT molecular complexity index is 974. The van der Waals surface area contributed by atoms with Gasteiger partial charge < -0.3 is 0 Å². The first-order valence-electron chi connectivity index (χ1n) is 9.02. The van der Waals surface area contributed by atoms with Gasteiger partial charge in [-0.15, -0.1) is 0 Å². The molecule has 0 spiro atoms. The number of nitrogens with zero attached hydrogens (tertiary/aromatic N) is 2. The van der Waals surface area contributed by atoms with Gasteiger partial charge in [-0.1, -0.05) is 35.9 Å². The van der Waals surface area contributed by atoms with E-state index in [1.807, 2.05) is 6.92 Å². The SMILES string of the molecule is Cc1ccc(S(=O)(=O)N2CCC[C@@H](C(=O)N/N=C\c3ccccc3F)C2)cc1. The number of aryl methyl sites for hydroxylation is 1. The summed E-state index contributed by atoms with van der Waals surface area (Å²) in [7, 11) is -3.65. The smallest absolute Gasteiger partial charge is 0.244 e. The third-order valence-corrected chi connectivity index (χ3v) is 6.58. The van der Waals surface area contributed by atoms with Gasteiger partial charge in [0.25, 0.3) is 0 Å². The number of hydrazone groups is 1. The minimum absolute atomic E-state index is 0.0945. The highest BCUT2D eigenvalue weighted by atomic mass is 32.2. The molecule has 1 saturated heterocycles. The minimum Gasteiger partial charge on any atom is -0.273 e. The van der Waals surface area contributed by atoms with Crippen molar-refractivity contribution in [1.29, 1.82) is 0 Å². The van der Waals surface area contributed by atoms with E-state index in [0.717, 1.165) is 5.56 Å². The van der Waals surface area contributed by atoms with Crippen LogP contribution in [0.1, 0.15) is 24.0 Å². The van der Waals surface area contributed by atoms with Crippen LogP contribution in [0.2, 0.25) is 0 Å². The highest BCUT2D eigenvalue weighted by molar-refractivity contribution is 7.89. The van der Waals surface area contributed by atoms with E-state index < -0.39 is 21.8 Å². The molecule has 1 aliphatic heterocycles. The lowest BCUT2D eigenvalue weighted by molar-refractivity contribution is -0.126. The van der Waals surface area contributed by atoms with E-state index in [2.05, 4.69) is 10.5 Å². The molecule has 0 bridgehead atoms. The second kappa shape index (κ2) is 8.62. The molecule has 1 N–H and O–H groups in total. The van der Waals surface area contributed by atoms with Gasteiger partial charge in [0, 0.05) is 18.7 Å². The molecule has 2 aromatic rings. The van der Waals surface area contributed by atoms with Gasteiger partial charge in [-0.05, 0) is 38.0 Å². The van der Waals surface area contributed by atoms with Crippen molar-refractivity contribution in [2.75, 3.05) is 13.1 Å². The van der Waals surface area contributed by atoms with Crippen LogP contribution in [0.15, 0.2) is 58.5 Å². The predicted octanol–water partition coefficient (Wildman–Crippen LogP) is 2.69. The first-order chi connectivity index (χ1) is 13.4. The molecule has 0 radical (unpaired) electrons. The number of halogens is 1. The van der Waals surface area contributed by atoms with Crippen LogP contribution in [0.4, 0.5) is 4.39 Å². The van der Waals surface area contributed by atoms with Crippen LogP contribution >= 0.6 is 0 Å². The van der Waals surface area contributed by atoms with E-state index >= 15 is 0 Å². The lowest BCUT2D eigenvalue weighted by Gasteiger charge is -2.30. The van der Waals surface area contributed by atoms with E-state index in [1.165, 1.54) is 16.6 Å². The molecule has 3 rings (SSSR count). The Morgan fingerprint density at radius 1 is 1.21 bits per heavy atom. The Morgan fingerprint density at radius 3 is 2.64 bits per heavy atom. The number of hydrogen-bond acceptors (Lipinski definition) is 4. The highest BCUT2D eigenvalue weighted by Crippen LogP contribution is 2.24. The number of amides is 1. The van der Waals surface area contributed by atoms with Gasteiger partial charge >= 0.3 is 0 Å². The first kappa shape index (κ1) is 20.2. The van der Waals surface area contributed by atoms with Crippen molar-refractivity contribution in [2.45, 2.75) is 24.7 Å². The monoisotopic (exact) mass is 403 g/mol. The molecule has 0 saturated carbocycles. The molecule has 148 valence electrons. The summed E-state index contributed by atoms with van der Waals surface area (Å²) in [5.74, 6) is -1.32. The second-order valence-electron chi connectivity index (χ2n) is 6.77. The third kappa shape index (κ3) is 4.63. The normalized spacial score (nSPS) is 18.3. The molecule has 1 heterocycles. The first-order valence-corrected chi connectivity index (χ1v) is 10.5. The maximum atomic E-state index is 13.6. The summed E-state index contributed by atoms with van der Waals surface area (Å²) >= 11 is 0. The average molecular weight is 403 g/mol. The molecule has 2 aromatic carbocycles. The number of carbonyl (C=O) groups excluding carboxylic acids is 1. The van der Waals surface area contributed by atoms with Gasteiger partial charge in [0.15, 0.2) is 0 Å². The molecule has 1 atom stereocenters. The topological polar surface area (TPSA) is 78.8 Å². The molecule has 0 unspecified atom stereocenters. The van der Waals surface area contributed by atoms with Crippen LogP contribution in [-0.4, -0.2) is 37.9 Å². The summed E-state index contributed by atoms with van der Waals surface area (Å²) in [5.41, 5.74) is 3.62. The largest absolute Gasteiger partial charge is 0.273 e. The molecule has 1 amide bonds. The van der Waals surface area contributed by atoms with Crippen molar-refractivity contribution in [3.8, 4) is 0 Å². The number of nitrogens with one attached hydrogen (secondary N) is 1. The summed E-state index contributed by atoms with van der Waals surface area (Å²) < 4.78 is 40.6. The van der Waals surface area contributed by atoms with Gasteiger partial charge in [0.05, 0.1) is 17.0 Å². The van der Waals surface area contributed by atoms with Crippen LogP contribution in [0, 0.1) is 18.7 Å². The minimum atomic E-state index is -3.65. The summed E-state index contributed by atoms with van der Waals surface area (Å²) in [6, 6.07) is 12.7. The second-order valence-corrected chi connectivity index (χ2v) is 8.71. The van der Waals surface area contributed by atoms with Gasteiger partial charge in [-0.2, -0.15) is 9.41 Å². The van der Waals surface area contributed by atoms with E-state index in [1.54, 1.807) is 42.5 Å². The summed E-state index contributed by atoms with van der Waals surface area (Å²) in [4.78, 5) is 12.6. The van der Waals surface area contributed by atoms with Gasteiger partial charge in [-0.25, -0.2) is 18.2 Å². The summed E-state index contributed by atoms with van der Waals surface area (Å²) in [6.07, 6.45) is 2.39. The third-order valence-electron chi connectivity index (χ3n) is 4.70. The lowest BCUT2D eigenvalue weighted by atomic mass is 9.99. The van der Waals surface area contributed by atoms with Crippen LogP contribution in [0.5, 0.6) is 0 Å². The fourth-order valence-electron chi connectivity index (χ4n) is 3.07. The Kier molecular flexibility index (Phi) is 6.21. The highest BCUT2D eigenvalue weighted by Gasteiger charge is 2.33. The van der Waals surface area contributed by atoms with Crippen LogP contribution in [0.3, 0.4) is 0 Å². The van der Waals surface area contributed by atoms with Crippen LogP contribution in [-0.2, 0) is 14.8 Å². The summed E-state index contributed by atoms with van der Waals surface area (Å²) in [5, 5.41) is 3.80. The predicted molar refractivity (Wildman–Crippen MR) is 105 cm³/mol. The molecule has 1 fully saturated rings. The molecular formula is C20H22FN3O3S. The van der Waals surface area contributed by atoms with Crippen molar-refractivity contribution in [3.63, 3.8) is 0 Å². The average Bonchev–Trinajstić information content (AvgIpc) is 2.70. The Balaban J connectivity index is 1.65. The number of piperidine rings is 1. The number of rotatable bonds is 5. The lowest BCUT2D eigenvalue weighted by Crippen LogP contribution is -2.44. The molecular weight excluding hydrogens is 381 g/mol. The Hall–Kier alpha value is -2.58. The Morgan fingerprint density at radius 2 is 1.93 bits per heavy atom. The fraction of sp³-hybridized carbons (Fsp3) is 0.300. The molecule has 0 aliphatic carbocycles. The van der Waals surface area contributed by atoms with Crippen molar-refractivity contribution >= 4 is 22.1 Å². The maximum Gasteiger partial charge on any atom is 0.244 e. The standard InChI is InChI=1S/C20H22FN3O3S/c1-15-8-10-18(11-9-15)28(26,27)24-12-4-6-17(14-24)20(25)23-22-13-16-5-2-3-7-19(16)21/h2-3,5,7-11,13,17H,4,6,12,14H2,1H3,(H,23,25)/b22-13-/t17-/m1/s1. The molecule has 8 heteroatoms. The zero-order valence-corrected chi connectivity index (χ0v) is 16.3. The van der Waals surface area contributed by atoms with Gasteiger partial charge in [0.2, 0.25) is 15.9 Å². The quantitative estimate of drug-likeness (QED) is 0.616. The van der Waals surface area contributed by atoms with Crippen molar-refractivity contribution < 1.29 is 17.6 Å². The van der Waals surface area contributed by atoms with Crippen molar-refractivity contribution in [3.05, 3.63) is 65.5 Å². The number of carbonyl (C=O) groups is 1. The zero-order chi connectivity index (χ0) is 20.1. The van der Waals surface area contributed by atoms with Crippen molar-refractivity contribution in [2.24, 2.45) is 11.0 Å². The fourth-order valence-corrected chi connectivity index (χ4v) is 4.59. The van der Waals surface area contributed by atoms with E-state index in [9.17, 15) is 17.6 Å². The zero-order valence-electron chi connectivity index (χ0n) is 15.5. The molecule has 1 aliphatic rings. The number of hydrogen-bond donors (Lipinski definition) is 1. The van der Waals surface area contributed by atoms with E-state index in [-0.39, 0.29) is 22.9 Å². The van der Waals surface area contributed by atoms with Crippen LogP contribution < -0.4 is 5.43 Å². The summed E-state index contributed by atoms with van der Waals surface area (Å²) in [6.45, 7) is 2.36. The van der Waals surface area contributed by atoms with Crippen molar-refractivity contribution in [1.82, 2.24) is 9.73 Å². The number of benzene rings is 2. The molecule has 28 heavy (non-hydrogen) atoms. The van der Waals surface area contributed by atoms with Crippen LogP contribution in [0.25, 0.3) is 0 Å². The number of sulfonamides is 1. The van der Waals surface area contributed by atoms with E-state index in [4.69, 9.17) is 0 Å². The van der Waals surface area contributed by atoms with Gasteiger partial charge in [-0.3, -0.25) is 4.79 Å². The molecule has 6 nitrogen and oxygen atoms in total. The van der Waals surface area contributed by atoms with Gasteiger partial charge in [0.1, 0.15) is 5.82 Å². The maximum absolute atomic E-state index is 13.6. The molecule has 0 aromatic heterocycles. The van der Waals surface area contributed by atoms with E-state index in [0.29, 0.717) is 19.4 Å².